The summed E-state index contributed by atoms with van der Waals surface area (Å²) >= 11 is 0. The molecule has 1 N–H and O–H groups in total. The molecule has 68 valence electrons. The van der Waals surface area contributed by atoms with Crippen molar-refractivity contribution in [3.05, 3.63) is 42.0 Å². The minimum Gasteiger partial charge on any atom is -0.133 e. The molecule has 1 rings (SSSR count). The smallest absolute Gasteiger partial charge is 0.133 e. The standard InChI is InChI=1S/C9H9O3P/c10-13(11)12-8-4-7-9-5-2-1-3-6-9/h1-7H,8H2/p+1/b7-4+. The van der Waals surface area contributed by atoms with E-state index in [4.69, 9.17) is 4.89 Å². The first-order valence-electron chi connectivity index (χ1n) is 3.79. The van der Waals surface area contributed by atoms with Crippen LogP contribution in [0.4, 0.5) is 0 Å². The zero-order chi connectivity index (χ0) is 9.52. The van der Waals surface area contributed by atoms with E-state index in [-0.39, 0.29) is 6.61 Å². The van der Waals surface area contributed by atoms with Crippen LogP contribution in [-0.2, 0) is 9.09 Å². The lowest BCUT2D eigenvalue weighted by Crippen LogP contribution is -1.78. The Morgan fingerprint density at radius 3 is 2.69 bits per heavy atom. The van der Waals surface area contributed by atoms with Crippen LogP contribution in [0.5, 0.6) is 0 Å². The van der Waals surface area contributed by atoms with Crippen molar-refractivity contribution < 1.29 is 14.0 Å². The zero-order valence-electron chi connectivity index (χ0n) is 6.96. The SMILES string of the molecule is O=[P+](O)OC/C=C/c1ccccc1. The summed E-state index contributed by atoms with van der Waals surface area (Å²) in [5, 5.41) is 0. The van der Waals surface area contributed by atoms with Gasteiger partial charge in [-0.1, -0.05) is 42.5 Å². The Labute approximate surface area is 77.6 Å². The summed E-state index contributed by atoms with van der Waals surface area (Å²) in [4.78, 5) is 8.30. The normalized spacial score (nSPS) is 11.9. The molecular weight excluding hydrogens is 187 g/mol. The topological polar surface area (TPSA) is 46.5 Å². The largest absolute Gasteiger partial charge is 0.695 e. The molecule has 0 amide bonds. The van der Waals surface area contributed by atoms with E-state index in [1.165, 1.54) is 0 Å². The van der Waals surface area contributed by atoms with Crippen LogP contribution in [0.25, 0.3) is 6.08 Å². The Morgan fingerprint density at radius 1 is 1.38 bits per heavy atom. The van der Waals surface area contributed by atoms with Crippen LogP contribution in [0, 0.1) is 0 Å². The van der Waals surface area contributed by atoms with Crippen LogP contribution in [-0.4, -0.2) is 11.5 Å². The van der Waals surface area contributed by atoms with Gasteiger partial charge >= 0.3 is 8.25 Å². The molecule has 0 saturated carbocycles. The number of hydrogen-bond donors (Lipinski definition) is 1. The molecule has 1 aromatic carbocycles. The average Bonchev–Trinajstić information content (AvgIpc) is 2.14. The summed E-state index contributed by atoms with van der Waals surface area (Å²) < 4.78 is 14.5. The van der Waals surface area contributed by atoms with E-state index in [1.54, 1.807) is 6.08 Å². The number of hydrogen-bond acceptors (Lipinski definition) is 2. The van der Waals surface area contributed by atoms with Gasteiger partial charge in [0.25, 0.3) is 0 Å². The second kappa shape index (κ2) is 5.60. The second-order valence-corrected chi connectivity index (χ2v) is 3.08. The van der Waals surface area contributed by atoms with Crippen LogP contribution in [0.3, 0.4) is 0 Å². The van der Waals surface area contributed by atoms with Crippen molar-refractivity contribution >= 4 is 14.3 Å². The van der Waals surface area contributed by atoms with Gasteiger partial charge in [-0.2, -0.15) is 0 Å². The molecule has 0 fully saturated rings. The maximum absolute atomic E-state index is 10.1. The van der Waals surface area contributed by atoms with Crippen LogP contribution < -0.4 is 0 Å². The Kier molecular flexibility index (Phi) is 4.33. The van der Waals surface area contributed by atoms with Crippen molar-refractivity contribution in [3.63, 3.8) is 0 Å². The first-order chi connectivity index (χ1) is 6.29. The molecule has 0 heterocycles. The second-order valence-electron chi connectivity index (χ2n) is 2.35. The Morgan fingerprint density at radius 2 is 2.08 bits per heavy atom. The molecule has 1 unspecified atom stereocenters. The fourth-order valence-corrected chi connectivity index (χ4v) is 1.07. The minimum atomic E-state index is -2.48. The predicted molar refractivity (Wildman–Crippen MR) is 51.3 cm³/mol. The van der Waals surface area contributed by atoms with Crippen LogP contribution >= 0.6 is 8.25 Å². The molecule has 4 heteroatoms. The molecule has 0 aliphatic heterocycles. The molecule has 1 atom stereocenters. The lowest BCUT2D eigenvalue weighted by Gasteiger charge is -1.88. The van der Waals surface area contributed by atoms with E-state index in [0.29, 0.717) is 0 Å². The molecule has 0 aliphatic carbocycles. The van der Waals surface area contributed by atoms with Crippen molar-refractivity contribution in [2.75, 3.05) is 6.61 Å². The monoisotopic (exact) mass is 197 g/mol. The Hall–Kier alpha value is -1.02. The first kappa shape index (κ1) is 10.1. The molecule has 0 radical (unpaired) electrons. The molecule has 1 aromatic rings. The predicted octanol–water partition coefficient (Wildman–Crippen LogP) is 2.37. The van der Waals surface area contributed by atoms with Gasteiger partial charge < -0.3 is 0 Å². The fraction of sp³-hybridized carbons (Fsp3) is 0.111. The van der Waals surface area contributed by atoms with Crippen molar-refractivity contribution in [2.24, 2.45) is 0 Å². The van der Waals surface area contributed by atoms with E-state index in [9.17, 15) is 4.57 Å². The van der Waals surface area contributed by atoms with Gasteiger partial charge in [0.05, 0.1) is 0 Å². The summed E-state index contributed by atoms with van der Waals surface area (Å²) in [6, 6.07) is 9.66. The van der Waals surface area contributed by atoms with Gasteiger partial charge in [-0.05, 0) is 5.56 Å². The van der Waals surface area contributed by atoms with E-state index >= 15 is 0 Å². The summed E-state index contributed by atoms with van der Waals surface area (Å²) in [5.41, 5.74) is 1.04. The lowest BCUT2D eigenvalue weighted by atomic mass is 10.2. The third-order valence-electron chi connectivity index (χ3n) is 1.39. The maximum atomic E-state index is 10.1. The highest BCUT2D eigenvalue weighted by Crippen LogP contribution is 2.13. The molecule has 13 heavy (non-hydrogen) atoms. The summed E-state index contributed by atoms with van der Waals surface area (Å²) in [7, 11) is -2.48. The summed E-state index contributed by atoms with van der Waals surface area (Å²) in [5.74, 6) is 0. The van der Waals surface area contributed by atoms with E-state index in [2.05, 4.69) is 4.52 Å². The third kappa shape index (κ3) is 4.53. The molecule has 3 nitrogen and oxygen atoms in total. The molecule has 0 bridgehead atoms. The summed E-state index contributed by atoms with van der Waals surface area (Å²) in [6.45, 7) is 0.153. The molecule has 0 spiro atoms. The highest BCUT2D eigenvalue weighted by atomic mass is 31.1. The fourth-order valence-electron chi connectivity index (χ4n) is 0.855. The van der Waals surface area contributed by atoms with Crippen molar-refractivity contribution in [1.29, 1.82) is 0 Å². The van der Waals surface area contributed by atoms with Crippen LogP contribution in [0.1, 0.15) is 5.56 Å². The van der Waals surface area contributed by atoms with Crippen molar-refractivity contribution in [3.8, 4) is 0 Å². The highest BCUT2D eigenvalue weighted by molar-refractivity contribution is 7.32. The lowest BCUT2D eigenvalue weighted by molar-refractivity contribution is 0.313. The minimum absolute atomic E-state index is 0.153. The molecule has 0 aliphatic rings. The quantitative estimate of drug-likeness (QED) is 0.753. The Bertz CT molecular complexity index is 295. The van der Waals surface area contributed by atoms with Gasteiger partial charge in [-0.25, -0.2) is 0 Å². The average molecular weight is 197 g/mol. The van der Waals surface area contributed by atoms with Crippen molar-refractivity contribution in [2.45, 2.75) is 0 Å². The summed E-state index contributed by atoms with van der Waals surface area (Å²) in [6.07, 6.45) is 3.53. The van der Waals surface area contributed by atoms with Gasteiger partial charge in [0.1, 0.15) is 6.61 Å². The van der Waals surface area contributed by atoms with Gasteiger partial charge in [0.15, 0.2) is 0 Å². The van der Waals surface area contributed by atoms with E-state index in [1.807, 2.05) is 36.4 Å². The molecule has 0 saturated heterocycles. The van der Waals surface area contributed by atoms with E-state index in [0.717, 1.165) is 5.56 Å². The van der Waals surface area contributed by atoms with Gasteiger partial charge in [0.2, 0.25) is 0 Å². The zero-order valence-corrected chi connectivity index (χ0v) is 7.85. The first-order valence-corrected chi connectivity index (χ1v) is 4.93. The van der Waals surface area contributed by atoms with Crippen LogP contribution in [0.2, 0.25) is 0 Å². The van der Waals surface area contributed by atoms with E-state index < -0.39 is 8.25 Å². The van der Waals surface area contributed by atoms with Gasteiger partial charge in [-0.3, -0.25) is 0 Å². The van der Waals surface area contributed by atoms with Crippen LogP contribution in [0.15, 0.2) is 36.4 Å². The maximum Gasteiger partial charge on any atom is 0.695 e. The number of benzene rings is 1. The Balaban J connectivity index is 2.37. The van der Waals surface area contributed by atoms with Gasteiger partial charge in [-0.15, -0.1) is 9.42 Å². The molecular formula is C9H10O3P+. The highest BCUT2D eigenvalue weighted by Gasteiger charge is 2.08. The molecule has 0 aromatic heterocycles. The number of rotatable bonds is 4. The third-order valence-corrected chi connectivity index (χ3v) is 1.76. The van der Waals surface area contributed by atoms with Gasteiger partial charge in [0, 0.05) is 4.57 Å². The van der Waals surface area contributed by atoms with Crippen molar-refractivity contribution in [1.82, 2.24) is 0 Å².